The summed E-state index contributed by atoms with van der Waals surface area (Å²) >= 11 is 5.67. The molecule has 0 aromatic heterocycles. The molecule has 0 saturated carbocycles. The van der Waals surface area contributed by atoms with Crippen molar-refractivity contribution in [2.45, 2.75) is 25.6 Å². The molecule has 0 spiro atoms. The number of carbonyl (C=O) groups is 3. The van der Waals surface area contributed by atoms with E-state index in [1.807, 2.05) is 67.8 Å². The lowest BCUT2D eigenvalue weighted by Gasteiger charge is -2.23. The van der Waals surface area contributed by atoms with Crippen LogP contribution < -0.4 is 15.4 Å². The monoisotopic (exact) mass is 776 g/mol. The van der Waals surface area contributed by atoms with Crippen LogP contribution in [0.5, 0.6) is 5.75 Å². The van der Waals surface area contributed by atoms with Crippen LogP contribution in [0.1, 0.15) is 34.1 Å². The molecule has 0 heterocycles. The Morgan fingerprint density at radius 1 is 0.968 bits per heavy atom. The number of ether oxygens (including phenoxy) is 1. The number of rotatable bonds is 13. The van der Waals surface area contributed by atoms with Gasteiger partial charge in [-0.25, -0.2) is 0 Å². The molecule has 0 fully saturated rings. The summed E-state index contributed by atoms with van der Waals surface area (Å²) in [5.74, 6) is -1.50. The lowest BCUT2D eigenvalue weighted by atomic mass is 9.97. The second-order valence-electron chi connectivity index (χ2n) is 6.46. The molecule has 0 unspecified atom stereocenters. The van der Waals surface area contributed by atoms with Crippen molar-refractivity contribution >= 4 is 85.9 Å². The minimum atomic E-state index is -0.897. The van der Waals surface area contributed by atoms with Crippen LogP contribution in [-0.4, -0.2) is 77.2 Å². The van der Waals surface area contributed by atoms with Crippen LogP contribution in [0, 0.1) is 16.6 Å². The molecule has 1 atom stereocenters. The summed E-state index contributed by atoms with van der Waals surface area (Å²) < 4.78 is 6.88. The highest BCUT2D eigenvalue weighted by atomic mass is 127. The first kappa shape index (κ1) is 28.7. The van der Waals surface area contributed by atoms with E-state index >= 15 is 0 Å². The highest BCUT2D eigenvalue weighted by Gasteiger charge is 2.30. The minimum absolute atomic E-state index is 0.106. The molecule has 1 aromatic carbocycles. The van der Waals surface area contributed by atoms with Crippen LogP contribution >= 0.6 is 67.8 Å². The van der Waals surface area contributed by atoms with E-state index in [0.717, 1.165) is 0 Å². The van der Waals surface area contributed by atoms with Gasteiger partial charge in [-0.15, -0.1) is 0 Å². The molecular weight excluding hydrogens is 753 g/mol. The first-order chi connectivity index (χ1) is 14.7. The van der Waals surface area contributed by atoms with Gasteiger partial charge >= 0.3 is 0 Å². The first-order valence-electron chi connectivity index (χ1n) is 9.00. The molecule has 0 aliphatic carbocycles. The fourth-order valence-corrected chi connectivity index (χ4v) is 6.96. The summed E-state index contributed by atoms with van der Waals surface area (Å²) in [6.07, 6.45) is -0.460. The number of amides is 2. The third-order valence-corrected chi connectivity index (χ3v) is 7.28. The lowest BCUT2D eigenvalue weighted by Crippen LogP contribution is -2.41. The van der Waals surface area contributed by atoms with E-state index < -0.39 is 43.1 Å². The van der Waals surface area contributed by atoms with E-state index in [9.17, 15) is 34.8 Å². The molecule has 1 aromatic rings. The molecule has 0 radical (unpaired) electrons. The van der Waals surface area contributed by atoms with Crippen molar-refractivity contribution < 1.29 is 39.5 Å². The number of aliphatic hydroxyl groups is 4. The van der Waals surface area contributed by atoms with Gasteiger partial charge in [-0.2, -0.15) is 0 Å². The van der Waals surface area contributed by atoms with Crippen molar-refractivity contribution in [3.8, 4) is 5.75 Å². The summed E-state index contributed by atoms with van der Waals surface area (Å²) in [7, 11) is 0. The summed E-state index contributed by atoms with van der Waals surface area (Å²) in [6.45, 7) is -0.161. The zero-order chi connectivity index (χ0) is 23.7. The van der Waals surface area contributed by atoms with Crippen LogP contribution in [-0.2, 0) is 4.79 Å². The van der Waals surface area contributed by atoms with E-state index in [4.69, 9.17) is 4.74 Å². The summed E-state index contributed by atoms with van der Waals surface area (Å²) in [5.41, 5.74) is 0.284. The maximum absolute atomic E-state index is 13.0. The van der Waals surface area contributed by atoms with Crippen molar-refractivity contribution in [3.05, 3.63) is 21.8 Å². The molecule has 1 rings (SSSR count). The fraction of sp³-hybridized carbons (Fsp3) is 0.500. The van der Waals surface area contributed by atoms with Gasteiger partial charge in [-0.1, -0.05) is 0 Å². The number of nitrogens with one attached hydrogen (secondary N) is 2. The Balaban J connectivity index is 3.62. The topological polar surface area (TPSA) is 165 Å². The minimum Gasteiger partial charge on any atom is -0.469 e. The van der Waals surface area contributed by atoms with Gasteiger partial charge in [0, 0.05) is 34.7 Å². The molecule has 0 aliphatic heterocycles. The van der Waals surface area contributed by atoms with Crippen LogP contribution in [0.4, 0.5) is 0 Å². The molecule has 6 N–H and O–H groups in total. The van der Waals surface area contributed by atoms with Crippen molar-refractivity contribution in [2.75, 3.05) is 26.4 Å². The van der Waals surface area contributed by atoms with E-state index in [1.54, 1.807) is 6.92 Å². The van der Waals surface area contributed by atoms with Gasteiger partial charge < -0.3 is 35.8 Å². The van der Waals surface area contributed by atoms with Gasteiger partial charge in [0.05, 0.1) is 32.0 Å². The SMILES string of the molecule is C[C@@H](NC=O)Oc1c(I)c(C(=O)CC(CO)CO)c(I)c(C(=O)NC(CO)CO)c1I. The number of hydrogen-bond acceptors (Lipinski definition) is 8. The maximum atomic E-state index is 13.0. The average molecular weight is 776 g/mol. The van der Waals surface area contributed by atoms with Gasteiger partial charge in [0.1, 0.15) is 0 Å². The van der Waals surface area contributed by atoms with Crippen molar-refractivity contribution in [1.29, 1.82) is 0 Å². The summed E-state index contributed by atoms with van der Waals surface area (Å²) in [6, 6.07) is -0.897. The highest BCUT2D eigenvalue weighted by molar-refractivity contribution is 14.1. The van der Waals surface area contributed by atoms with Crippen molar-refractivity contribution in [3.63, 3.8) is 0 Å². The smallest absolute Gasteiger partial charge is 0.253 e. The number of Topliss-reactive ketones (excluding diaryl/α,β-unsaturated/α-hetero) is 1. The Hall–Kier alpha value is -0.340. The van der Waals surface area contributed by atoms with Crippen LogP contribution in [0.2, 0.25) is 0 Å². The Bertz CT molecular complexity index is 747. The maximum Gasteiger partial charge on any atom is 0.253 e. The average Bonchev–Trinajstić information content (AvgIpc) is 2.73. The third kappa shape index (κ3) is 7.60. The van der Waals surface area contributed by atoms with Crippen molar-refractivity contribution in [1.82, 2.24) is 10.6 Å². The van der Waals surface area contributed by atoms with E-state index in [1.165, 1.54) is 0 Å². The molecule has 0 aliphatic rings. The van der Waals surface area contributed by atoms with E-state index in [-0.39, 0.29) is 36.5 Å². The molecule has 10 nitrogen and oxygen atoms in total. The Morgan fingerprint density at radius 2 is 1.52 bits per heavy atom. The second kappa shape index (κ2) is 14.0. The second-order valence-corrected chi connectivity index (χ2v) is 9.70. The van der Waals surface area contributed by atoms with Gasteiger partial charge in [0.2, 0.25) is 6.41 Å². The number of carbonyl (C=O) groups excluding carboxylic acids is 3. The number of aliphatic hydroxyl groups excluding tert-OH is 4. The Morgan fingerprint density at radius 3 is 2.00 bits per heavy atom. The predicted octanol–water partition coefficient (Wildman–Crippen LogP) is 0.228. The number of benzene rings is 1. The molecular formula is C18H23I3N2O8. The van der Waals surface area contributed by atoms with Crippen LogP contribution in [0.3, 0.4) is 0 Å². The van der Waals surface area contributed by atoms with Crippen LogP contribution in [0.25, 0.3) is 0 Å². The van der Waals surface area contributed by atoms with Crippen molar-refractivity contribution in [2.24, 2.45) is 5.92 Å². The molecule has 2 amide bonds. The van der Waals surface area contributed by atoms with Gasteiger partial charge in [0.25, 0.3) is 5.91 Å². The van der Waals surface area contributed by atoms with Gasteiger partial charge in [-0.05, 0) is 74.7 Å². The highest BCUT2D eigenvalue weighted by Crippen LogP contribution is 2.38. The number of halogens is 3. The van der Waals surface area contributed by atoms with E-state index in [0.29, 0.717) is 17.1 Å². The summed E-state index contributed by atoms with van der Waals surface area (Å²) in [5, 5.41) is 42.2. The predicted molar refractivity (Wildman–Crippen MR) is 136 cm³/mol. The number of ketones is 1. The largest absolute Gasteiger partial charge is 0.469 e. The van der Waals surface area contributed by atoms with E-state index in [2.05, 4.69) is 10.6 Å². The lowest BCUT2D eigenvalue weighted by molar-refractivity contribution is -0.111. The zero-order valence-electron chi connectivity index (χ0n) is 16.4. The van der Waals surface area contributed by atoms with Gasteiger partial charge in [-0.3, -0.25) is 14.4 Å². The standard InChI is InChI=1S/C18H23I3N2O8/c1-8(22-7-28)31-17-15(20)12(11(29)2-9(3-24)4-25)14(19)13(16(17)21)18(30)23-10(5-26)6-27/h7-10,24-27H,2-6H2,1H3,(H,22,28)(H,23,30)/t8-/m0/s1. The van der Waals surface area contributed by atoms with Crippen LogP contribution in [0.15, 0.2) is 0 Å². The fourth-order valence-electron chi connectivity index (χ4n) is 2.45. The quantitative estimate of drug-likeness (QED) is 0.0718. The zero-order valence-corrected chi connectivity index (χ0v) is 22.9. The molecule has 0 saturated heterocycles. The molecule has 13 heteroatoms. The molecule has 31 heavy (non-hydrogen) atoms. The Kier molecular flexibility index (Phi) is 13.0. The Labute approximate surface area is 219 Å². The molecule has 0 bridgehead atoms. The number of hydrogen-bond donors (Lipinski definition) is 6. The normalized spacial score (nSPS) is 12.1. The summed E-state index contributed by atoms with van der Waals surface area (Å²) in [4.78, 5) is 36.7. The van der Waals surface area contributed by atoms with Gasteiger partial charge in [0.15, 0.2) is 17.8 Å². The molecule has 174 valence electrons. The first-order valence-corrected chi connectivity index (χ1v) is 12.2. The third-order valence-electron chi connectivity index (χ3n) is 4.15.